The lowest BCUT2D eigenvalue weighted by Gasteiger charge is -2.22. The Balaban J connectivity index is 1.60. The number of carbonyl (C=O) groups excluding carboxylic acids is 2. The molecule has 150 valence electrons. The van der Waals surface area contributed by atoms with Crippen LogP contribution in [-0.2, 0) is 11.3 Å². The molecular formula is C22H22FN3O2S. The van der Waals surface area contributed by atoms with Crippen LogP contribution in [0.25, 0.3) is 11.0 Å². The maximum Gasteiger partial charge on any atom is 0.260 e. The Labute approximate surface area is 172 Å². The van der Waals surface area contributed by atoms with E-state index in [-0.39, 0.29) is 17.1 Å². The Morgan fingerprint density at radius 3 is 2.69 bits per heavy atom. The van der Waals surface area contributed by atoms with Crippen molar-refractivity contribution in [3.63, 3.8) is 0 Å². The molecule has 0 aliphatic carbocycles. The van der Waals surface area contributed by atoms with Gasteiger partial charge in [-0.15, -0.1) is 0 Å². The summed E-state index contributed by atoms with van der Waals surface area (Å²) < 4.78 is 15.3. The average molecular weight is 412 g/mol. The van der Waals surface area contributed by atoms with Gasteiger partial charge in [0.2, 0.25) is 5.91 Å². The minimum Gasteiger partial charge on any atom is -0.319 e. The van der Waals surface area contributed by atoms with Crippen molar-refractivity contribution in [3.05, 3.63) is 59.9 Å². The van der Waals surface area contributed by atoms with E-state index in [1.165, 1.54) is 40.9 Å². The number of amides is 2. The molecule has 0 saturated carbocycles. The van der Waals surface area contributed by atoms with Gasteiger partial charge in [0.05, 0.1) is 16.3 Å². The number of rotatable bonds is 4. The molecule has 1 atom stereocenters. The summed E-state index contributed by atoms with van der Waals surface area (Å²) in [5, 5.41) is 0.423. The first-order valence-electron chi connectivity index (χ1n) is 9.81. The van der Waals surface area contributed by atoms with Gasteiger partial charge in [-0.2, -0.15) is 0 Å². The molecule has 7 heteroatoms. The van der Waals surface area contributed by atoms with E-state index in [2.05, 4.69) is 11.5 Å². The summed E-state index contributed by atoms with van der Waals surface area (Å²) in [7, 11) is 0. The van der Waals surface area contributed by atoms with Crippen molar-refractivity contribution < 1.29 is 14.0 Å². The number of imidazole rings is 1. The van der Waals surface area contributed by atoms with E-state index in [1.807, 2.05) is 24.3 Å². The Morgan fingerprint density at radius 1 is 1.17 bits per heavy atom. The second-order valence-electron chi connectivity index (χ2n) is 7.03. The monoisotopic (exact) mass is 411 g/mol. The van der Waals surface area contributed by atoms with Crippen molar-refractivity contribution in [2.45, 2.75) is 43.1 Å². The highest BCUT2D eigenvalue weighted by Gasteiger charge is 2.33. The van der Waals surface area contributed by atoms with Crippen molar-refractivity contribution in [2.75, 3.05) is 6.54 Å². The molecule has 1 saturated heterocycles. The molecule has 4 rings (SSSR count). The van der Waals surface area contributed by atoms with Gasteiger partial charge >= 0.3 is 0 Å². The van der Waals surface area contributed by atoms with Crippen molar-refractivity contribution in [2.24, 2.45) is 0 Å². The number of fused-ring (bicyclic) bond motifs is 1. The first-order valence-corrected chi connectivity index (χ1v) is 10.7. The Kier molecular flexibility index (Phi) is 5.67. The molecule has 29 heavy (non-hydrogen) atoms. The number of likely N-dealkylation sites (tertiary alicyclic amines) is 1. The van der Waals surface area contributed by atoms with Crippen LogP contribution in [0.1, 0.15) is 36.5 Å². The fraction of sp³-hybridized carbons (Fsp3) is 0.318. The fourth-order valence-corrected chi connectivity index (χ4v) is 4.92. The van der Waals surface area contributed by atoms with Crippen LogP contribution in [0.4, 0.5) is 4.39 Å². The number of para-hydroxylation sites is 2. The van der Waals surface area contributed by atoms with Crippen molar-refractivity contribution in [1.82, 2.24) is 14.5 Å². The summed E-state index contributed by atoms with van der Waals surface area (Å²) in [4.78, 5) is 32.1. The molecule has 0 spiro atoms. The normalized spacial score (nSPS) is 17.5. The van der Waals surface area contributed by atoms with Crippen LogP contribution in [0.15, 0.2) is 53.7 Å². The largest absolute Gasteiger partial charge is 0.319 e. The third-order valence-corrected chi connectivity index (χ3v) is 6.40. The van der Waals surface area contributed by atoms with Crippen LogP contribution in [0.2, 0.25) is 0 Å². The molecule has 5 nitrogen and oxygen atoms in total. The zero-order valence-corrected chi connectivity index (χ0v) is 17.0. The van der Waals surface area contributed by atoms with Gasteiger partial charge in [0.25, 0.3) is 5.91 Å². The number of carbonyl (C=O) groups is 2. The van der Waals surface area contributed by atoms with Gasteiger partial charge in [0.15, 0.2) is 5.16 Å². The van der Waals surface area contributed by atoms with E-state index < -0.39 is 5.82 Å². The summed E-state index contributed by atoms with van der Waals surface area (Å²) in [5.74, 6) is -0.973. The Morgan fingerprint density at radius 2 is 1.93 bits per heavy atom. The van der Waals surface area contributed by atoms with Crippen LogP contribution in [-0.4, -0.2) is 38.1 Å². The van der Waals surface area contributed by atoms with E-state index in [9.17, 15) is 14.0 Å². The number of aromatic nitrogens is 2. The predicted molar refractivity (Wildman–Crippen MR) is 111 cm³/mol. The van der Waals surface area contributed by atoms with Gasteiger partial charge < -0.3 is 4.57 Å². The highest BCUT2D eigenvalue weighted by atomic mass is 32.2. The van der Waals surface area contributed by atoms with Crippen LogP contribution in [0.5, 0.6) is 0 Å². The number of hydrogen-bond donors (Lipinski definition) is 0. The van der Waals surface area contributed by atoms with Gasteiger partial charge in [0.1, 0.15) is 5.82 Å². The summed E-state index contributed by atoms with van der Waals surface area (Å²) in [6, 6.07) is 13.2. The number of hydrogen-bond acceptors (Lipinski definition) is 4. The van der Waals surface area contributed by atoms with Gasteiger partial charge in [0, 0.05) is 18.7 Å². The molecule has 0 radical (unpaired) electrons. The first kappa shape index (κ1) is 19.6. The zero-order chi connectivity index (χ0) is 20.4. The average Bonchev–Trinajstić information content (AvgIpc) is 2.99. The zero-order valence-electron chi connectivity index (χ0n) is 16.2. The van der Waals surface area contributed by atoms with E-state index in [4.69, 9.17) is 4.98 Å². The van der Waals surface area contributed by atoms with Crippen LogP contribution in [0, 0.1) is 5.82 Å². The van der Waals surface area contributed by atoms with Crippen molar-refractivity contribution in [3.8, 4) is 0 Å². The summed E-state index contributed by atoms with van der Waals surface area (Å²) in [6.07, 6.45) is 2.33. The van der Waals surface area contributed by atoms with Crippen molar-refractivity contribution >= 4 is 34.6 Å². The third kappa shape index (κ3) is 3.92. The maximum absolute atomic E-state index is 13.2. The summed E-state index contributed by atoms with van der Waals surface area (Å²) >= 11 is 1.43. The van der Waals surface area contributed by atoms with Gasteiger partial charge in [-0.3, -0.25) is 14.5 Å². The van der Waals surface area contributed by atoms with E-state index >= 15 is 0 Å². The highest BCUT2D eigenvalue weighted by molar-refractivity contribution is 8.00. The summed E-state index contributed by atoms with van der Waals surface area (Å²) in [5.41, 5.74) is 2.26. The molecule has 2 aromatic carbocycles. The number of nitrogens with zero attached hydrogens (tertiary/aromatic N) is 3. The van der Waals surface area contributed by atoms with Crippen LogP contribution < -0.4 is 0 Å². The molecule has 1 unspecified atom stereocenters. The molecular weight excluding hydrogens is 389 g/mol. The van der Waals surface area contributed by atoms with E-state index in [0.29, 0.717) is 18.5 Å². The molecule has 1 aliphatic rings. The smallest absolute Gasteiger partial charge is 0.260 e. The van der Waals surface area contributed by atoms with Gasteiger partial charge in [-0.1, -0.05) is 30.3 Å². The second kappa shape index (κ2) is 8.37. The van der Waals surface area contributed by atoms with Crippen molar-refractivity contribution in [1.29, 1.82) is 0 Å². The van der Waals surface area contributed by atoms with Gasteiger partial charge in [-0.25, -0.2) is 9.37 Å². The minimum atomic E-state index is -0.407. The highest BCUT2D eigenvalue weighted by Crippen LogP contribution is 2.32. The molecule has 1 aliphatic heterocycles. The number of thioether (sulfide) groups is 1. The van der Waals surface area contributed by atoms with Crippen LogP contribution in [0.3, 0.4) is 0 Å². The molecule has 1 fully saturated rings. The number of imide groups is 1. The molecule has 0 bridgehead atoms. The number of halogens is 1. The van der Waals surface area contributed by atoms with E-state index in [0.717, 1.165) is 35.6 Å². The quantitative estimate of drug-likeness (QED) is 0.593. The van der Waals surface area contributed by atoms with Crippen LogP contribution >= 0.6 is 11.8 Å². The fourth-order valence-electron chi connectivity index (χ4n) is 3.64. The SMILES string of the molecule is CCn1c(SC2CCCCN(C(=O)c3ccc(F)cc3)C2=O)nc2ccccc21. The lowest BCUT2D eigenvalue weighted by Crippen LogP contribution is -2.41. The minimum absolute atomic E-state index is 0.198. The molecule has 2 heterocycles. The van der Waals surface area contributed by atoms with E-state index in [1.54, 1.807) is 0 Å². The number of aryl methyl sites for hydroxylation is 1. The third-order valence-electron chi connectivity index (χ3n) is 5.16. The topological polar surface area (TPSA) is 55.2 Å². The number of benzene rings is 2. The lowest BCUT2D eigenvalue weighted by atomic mass is 10.2. The van der Waals surface area contributed by atoms with Gasteiger partial charge in [-0.05, 0) is 56.2 Å². The predicted octanol–water partition coefficient (Wildman–Crippen LogP) is 4.51. The first-order chi connectivity index (χ1) is 14.1. The Bertz CT molecular complexity index is 1050. The molecule has 0 N–H and O–H groups in total. The maximum atomic E-state index is 13.2. The molecule has 1 aromatic heterocycles. The molecule has 2 amide bonds. The summed E-state index contributed by atoms with van der Waals surface area (Å²) in [6.45, 7) is 3.19. The lowest BCUT2D eigenvalue weighted by molar-refractivity contribution is -0.127. The standard InChI is InChI=1S/C22H22FN3O2S/c1-2-25-18-8-4-3-7-17(18)24-22(25)29-19-9-5-6-14-26(21(19)28)20(27)15-10-12-16(23)13-11-15/h3-4,7-8,10-13,19H,2,5-6,9,14H2,1H3. The Hall–Kier alpha value is -2.67. The second-order valence-corrected chi connectivity index (χ2v) is 8.20. The molecule has 3 aromatic rings.